The molecule has 22 heavy (non-hydrogen) atoms. The summed E-state index contributed by atoms with van der Waals surface area (Å²) < 4.78 is 0. The standard InChI is InChI=1S/C18H24N2OS/c1-2-13-20(14-9-5-3-6-10-14)18-19-17(21)15-11-7-4-8-12-16(15)22-18/h3,5-6,9-10,15-16H,2,4,7-8,11-13H2,1H3/t15-,16?/m1/s1. The maximum Gasteiger partial charge on any atom is 0.252 e. The third-order valence-corrected chi connectivity index (χ3v) is 5.87. The van der Waals surface area contributed by atoms with Crippen LogP contribution >= 0.6 is 11.8 Å². The lowest BCUT2D eigenvalue weighted by atomic mass is 9.99. The van der Waals surface area contributed by atoms with Crippen molar-refractivity contribution >= 4 is 28.5 Å². The average Bonchev–Trinajstić information content (AvgIpc) is 2.79. The molecular weight excluding hydrogens is 292 g/mol. The highest BCUT2D eigenvalue weighted by Gasteiger charge is 2.36. The Morgan fingerprint density at radius 2 is 1.95 bits per heavy atom. The third kappa shape index (κ3) is 3.37. The van der Waals surface area contributed by atoms with Gasteiger partial charge in [0, 0.05) is 17.5 Å². The number of carbonyl (C=O) groups is 1. The second-order valence-corrected chi connectivity index (χ2v) is 7.33. The van der Waals surface area contributed by atoms with Crippen LogP contribution in [0.25, 0.3) is 0 Å². The van der Waals surface area contributed by atoms with Crippen molar-refractivity contribution in [2.75, 3.05) is 11.4 Å². The first kappa shape index (κ1) is 15.6. The number of benzene rings is 1. The minimum Gasteiger partial charge on any atom is -0.321 e. The summed E-state index contributed by atoms with van der Waals surface area (Å²) in [5, 5.41) is 1.33. The fraction of sp³-hybridized carbons (Fsp3) is 0.556. The molecule has 118 valence electrons. The van der Waals surface area contributed by atoms with E-state index in [1.165, 1.54) is 19.3 Å². The number of amides is 1. The summed E-state index contributed by atoms with van der Waals surface area (Å²) in [6.07, 6.45) is 6.88. The van der Waals surface area contributed by atoms with Crippen LogP contribution in [0.5, 0.6) is 0 Å². The molecule has 1 amide bonds. The van der Waals surface area contributed by atoms with Crippen molar-refractivity contribution in [3.63, 3.8) is 0 Å². The number of thioether (sulfide) groups is 1. The Kier molecular flexibility index (Phi) is 5.19. The summed E-state index contributed by atoms with van der Waals surface area (Å²) in [5.41, 5.74) is 1.13. The average molecular weight is 316 g/mol. The van der Waals surface area contributed by atoms with Gasteiger partial charge in [-0.05, 0) is 31.4 Å². The molecule has 1 saturated carbocycles. The van der Waals surface area contributed by atoms with Crippen molar-refractivity contribution < 1.29 is 4.79 Å². The van der Waals surface area contributed by atoms with E-state index in [0.717, 1.165) is 36.7 Å². The maximum absolute atomic E-state index is 12.5. The Hall–Kier alpha value is -1.29. The van der Waals surface area contributed by atoms with Crippen LogP contribution in [-0.2, 0) is 4.79 Å². The molecule has 1 heterocycles. The summed E-state index contributed by atoms with van der Waals surface area (Å²) in [4.78, 5) is 19.2. The molecule has 3 rings (SSSR count). The van der Waals surface area contributed by atoms with Gasteiger partial charge >= 0.3 is 0 Å². The number of para-hydroxylation sites is 1. The van der Waals surface area contributed by atoms with E-state index in [9.17, 15) is 4.79 Å². The van der Waals surface area contributed by atoms with E-state index in [-0.39, 0.29) is 11.8 Å². The van der Waals surface area contributed by atoms with Gasteiger partial charge in [-0.25, -0.2) is 0 Å². The Balaban J connectivity index is 1.86. The van der Waals surface area contributed by atoms with Gasteiger partial charge in [0.25, 0.3) is 5.91 Å². The molecule has 1 aliphatic carbocycles. The Labute approximate surface area is 137 Å². The first-order valence-corrected chi connectivity index (χ1v) is 9.29. The topological polar surface area (TPSA) is 32.7 Å². The SMILES string of the molecule is CCCN(C1=NC(=O)[C@@H]2CCCCCC2S1)c1ccccc1. The monoisotopic (exact) mass is 316 g/mol. The number of carbonyl (C=O) groups excluding carboxylic acids is 1. The molecule has 1 aromatic carbocycles. The fourth-order valence-electron chi connectivity index (χ4n) is 3.33. The van der Waals surface area contributed by atoms with Crippen molar-refractivity contribution in [2.24, 2.45) is 10.9 Å². The predicted octanol–water partition coefficient (Wildman–Crippen LogP) is 4.48. The number of nitrogens with zero attached hydrogens (tertiary/aromatic N) is 2. The van der Waals surface area contributed by atoms with Gasteiger partial charge in [0.2, 0.25) is 0 Å². The number of aliphatic imine (C=N–C) groups is 1. The van der Waals surface area contributed by atoms with E-state index in [1.807, 2.05) is 30.0 Å². The van der Waals surface area contributed by atoms with E-state index < -0.39 is 0 Å². The van der Waals surface area contributed by atoms with Crippen molar-refractivity contribution in [3.05, 3.63) is 30.3 Å². The lowest BCUT2D eigenvalue weighted by molar-refractivity contribution is -0.121. The minimum atomic E-state index is 0.109. The van der Waals surface area contributed by atoms with Crippen molar-refractivity contribution in [2.45, 2.75) is 50.7 Å². The normalized spacial score (nSPS) is 25.1. The van der Waals surface area contributed by atoms with Gasteiger partial charge < -0.3 is 4.90 Å². The van der Waals surface area contributed by atoms with Gasteiger partial charge in [0.1, 0.15) is 0 Å². The zero-order valence-corrected chi connectivity index (χ0v) is 14.0. The molecule has 2 atom stereocenters. The third-order valence-electron chi connectivity index (χ3n) is 4.48. The Morgan fingerprint density at radius 1 is 1.18 bits per heavy atom. The van der Waals surface area contributed by atoms with Crippen LogP contribution in [0.1, 0.15) is 45.4 Å². The van der Waals surface area contributed by atoms with Crippen LogP contribution in [0.3, 0.4) is 0 Å². The maximum atomic E-state index is 12.5. The number of anilines is 1. The van der Waals surface area contributed by atoms with Gasteiger partial charge in [-0.3, -0.25) is 4.79 Å². The highest BCUT2D eigenvalue weighted by atomic mass is 32.2. The molecule has 0 saturated heterocycles. The lowest BCUT2D eigenvalue weighted by Gasteiger charge is -2.33. The molecule has 2 aliphatic rings. The second-order valence-electron chi connectivity index (χ2n) is 6.12. The molecule has 4 heteroatoms. The molecular formula is C18H24N2OS. The van der Waals surface area contributed by atoms with Crippen LogP contribution in [0.4, 0.5) is 5.69 Å². The Bertz CT molecular complexity index is 543. The molecule has 3 nitrogen and oxygen atoms in total. The van der Waals surface area contributed by atoms with Crippen LogP contribution in [-0.4, -0.2) is 22.9 Å². The van der Waals surface area contributed by atoms with E-state index in [0.29, 0.717) is 5.25 Å². The molecule has 0 spiro atoms. The van der Waals surface area contributed by atoms with Gasteiger partial charge in [0.15, 0.2) is 5.17 Å². The molecule has 1 unspecified atom stereocenters. The van der Waals surface area contributed by atoms with Gasteiger partial charge in [-0.15, -0.1) is 0 Å². The molecule has 0 aromatic heterocycles. The highest BCUT2D eigenvalue weighted by Crippen LogP contribution is 2.38. The van der Waals surface area contributed by atoms with Crippen molar-refractivity contribution in [1.82, 2.24) is 0 Å². The molecule has 1 aromatic rings. The number of fused-ring (bicyclic) bond motifs is 1. The van der Waals surface area contributed by atoms with Crippen molar-refractivity contribution in [1.29, 1.82) is 0 Å². The first-order valence-electron chi connectivity index (χ1n) is 8.41. The quantitative estimate of drug-likeness (QED) is 0.824. The number of hydrogen-bond donors (Lipinski definition) is 0. The van der Waals surface area contributed by atoms with Gasteiger partial charge in [0.05, 0.1) is 5.92 Å². The summed E-state index contributed by atoms with van der Waals surface area (Å²) in [7, 11) is 0. The van der Waals surface area contributed by atoms with Crippen LogP contribution < -0.4 is 4.90 Å². The largest absolute Gasteiger partial charge is 0.321 e. The van der Waals surface area contributed by atoms with E-state index in [1.54, 1.807) is 0 Å². The van der Waals surface area contributed by atoms with Gasteiger partial charge in [-0.2, -0.15) is 4.99 Å². The minimum absolute atomic E-state index is 0.109. The predicted molar refractivity (Wildman–Crippen MR) is 94.5 cm³/mol. The van der Waals surface area contributed by atoms with E-state index in [2.05, 4.69) is 28.9 Å². The number of rotatable bonds is 3. The highest BCUT2D eigenvalue weighted by molar-refractivity contribution is 8.14. The van der Waals surface area contributed by atoms with Gasteiger partial charge in [-0.1, -0.05) is 56.1 Å². The van der Waals surface area contributed by atoms with Crippen LogP contribution in [0.2, 0.25) is 0 Å². The molecule has 0 N–H and O–H groups in total. The second kappa shape index (κ2) is 7.32. The summed E-state index contributed by atoms with van der Waals surface area (Å²) in [6.45, 7) is 3.07. The van der Waals surface area contributed by atoms with Crippen LogP contribution in [0, 0.1) is 5.92 Å². The fourth-order valence-corrected chi connectivity index (χ4v) is 4.77. The summed E-state index contributed by atoms with van der Waals surface area (Å²) in [6, 6.07) is 10.3. The lowest BCUT2D eigenvalue weighted by Crippen LogP contribution is -2.38. The smallest absolute Gasteiger partial charge is 0.252 e. The van der Waals surface area contributed by atoms with Crippen molar-refractivity contribution in [3.8, 4) is 0 Å². The Morgan fingerprint density at radius 3 is 2.73 bits per heavy atom. The zero-order valence-electron chi connectivity index (χ0n) is 13.2. The molecule has 0 radical (unpaired) electrons. The zero-order chi connectivity index (χ0) is 15.4. The van der Waals surface area contributed by atoms with E-state index >= 15 is 0 Å². The molecule has 1 fully saturated rings. The first-order chi connectivity index (χ1) is 10.8. The molecule has 1 aliphatic heterocycles. The van der Waals surface area contributed by atoms with E-state index in [4.69, 9.17) is 0 Å². The van der Waals surface area contributed by atoms with Crippen LogP contribution in [0.15, 0.2) is 35.3 Å². The number of amidine groups is 1. The number of hydrogen-bond acceptors (Lipinski definition) is 3. The summed E-state index contributed by atoms with van der Waals surface area (Å²) in [5.74, 6) is 0.258. The summed E-state index contributed by atoms with van der Waals surface area (Å²) >= 11 is 1.83. The molecule has 0 bridgehead atoms.